The van der Waals surface area contributed by atoms with E-state index in [1.54, 1.807) is 0 Å². The second kappa shape index (κ2) is 6.82. The molecule has 4 heteroatoms. The predicted octanol–water partition coefficient (Wildman–Crippen LogP) is 3.95. The van der Waals surface area contributed by atoms with Crippen LogP contribution in [-0.4, -0.2) is 22.3 Å². The van der Waals surface area contributed by atoms with Crippen molar-refractivity contribution in [1.82, 2.24) is 9.78 Å². The molecule has 0 saturated heterocycles. The summed E-state index contributed by atoms with van der Waals surface area (Å²) >= 11 is 0. The quantitative estimate of drug-likeness (QED) is 0.785. The second-order valence-corrected chi connectivity index (χ2v) is 6.08. The molecular weight excluding hydrogens is 288 g/mol. The molecule has 0 aliphatic rings. The molecule has 0 amide bonds. The lowest BCUT2D eigenvalue weighted by atomic mass is 10.1. The Labute approximate surface area is 137 Å². The van der Waals surface area contributed by atoms with Crippen molar-refractivity contribution in [2.45, 2.75) is 41.0 Å². The maximum Gasteiger partial charge on any atom is 0.284 e. The minimum Gasteiger partial charge on any atom is -0.483 e. The van der Waals surface area contributed by atoms with E-state index in [4.69, 9.17) is 4.74 Å². The van der Waals surface area contributed by atoms with Gasteiger partial charge in [-0.15, -0.1) is 0 Å². The molecule has 0 fully saturated rings. The zero-order chi connectivity index (χ0) is 17.1. The van der Waals surface area contributed by atoms with Gasteiger partial charge in [-0.05, 0) is 58.2 Å². The molecular formula is C19H24N2O2. The van der Waals surface area contributed by atoms with Gasteiger partial charge in [0.05, 0.1) is 5.69 Å². The van der Waals surface area contributed by atoms with Crippen LogP contribution >= 0.6 is 0 Å². The number of ether oxygens (including phenoxy) is 1. The van der Waals surface area contributed by atoms with E-state index in [9.17, 15) is 4.79 Å². The summed E-state index contributed by atoms with van der Waals surface area (Å²) in [6, 6.07) is 5.83. The van der Waals surface area contributed by atoms with Crippen LogP contribution in [0.5, 0.6) is 5.75 Å². The van der Waals surface area contributed by atoms with Crippen LogP contribution < -0.4 is 4.74 Å². The third-order valence-electron chi connectivity index (χ3n) is 4.06. The minimum atomic E-state index is -0.167. The van der Waals surface area contributed by atoms with Gasteiger partial charge >= 0.3 is 0 Å². The first-order chi connectivity index (χ1) is 10.8. The van der Waals surface area contributed by atoms with E-state index in [0.29, 0.717) is 0 Å². The van der Waals surface area contributed by atoms with Crippen LogP contribution in [0, 0.1) is 27.7 Å². The Balaban J connectivity index is 2.15. The number of allylic oxidation sites excluding steroid dienone is 1. The summed E-state index contributed by atoms with van der Waals surface area (Å²) in [6.45, 7) is 13.7. The summed E-state index contributed by atoms with van der Waals surface area (Å²) < 4.78 is 7.13. The van der Waals surface area contributed by atoms with Crippen LogP contribution in [0.2, 0.25) is 0 Å². The molecule has 0 unspecified atom stereocenters. The topological polar surface area (TPSA) is 44.1 Å². The van der Waals surface area contributed by atoms with Gasteiger partial charge in [-0.2, -0.15) is 5.10 Å². The molecule has 0 atom stereocenters. The Bertz CT molecular complexity index is 757. The van der Waals surface area contributed by atoms with E-state index in [1.807, 2.05) is 52.8 Å². The Morgan fingerprint density at radius 3 is 2.61 bits per heavy atom. The van der Waals surface area contributed by atoms with Gasteiger partial charge in [0.25, 0.3) is 5.91 Å². The van der Waals surface area contributed by atoms with Gasteiger partial charge in [-0.1, -0.05) is 24.3 Å². The van der Waals surface area contributed by atoms with E-state index >= 15 is 0 Å². The molecule has 0 bridgehead atoms. The smallest absolute Gasteiger partial charge is 0.284 e. The fourth-order valence-corrected chi connectivity index (χ4v) is 2.56. The number of hydrogen-bond acceptors (Lipinski definition) is 3. The highest BCUT2D eigenvalue weighted by atomic mass is 16.5. The number of hydrogen-bond donors (Lipinski definition) is 0. The van der Waals surface area contributed by atoms with Crippen LogP contribution in [0.25, 0.3) is 0 Å². The SMILES string of the molecule is C=C(C)Cc1c(C)nn(C(=O)COc2cccc(C)c2C)c1C. The van der Waals surface area contributed by atoms with Gasteiger partial charge in [-0.3, -0.25) is 4.79 Å². The molecule has 23 heavy (non-hydrogen) atoms. The van der Waals surface area contributed by atoms with Gasteiger partial charge in [0, 0.05) is 11.3 Å². The van der Waals surface area contributed by atoms with Crippen molar-refractivity contribution in [2.75, 3.05) is 6.61 Å². The number of rotatable bonds is 5. The lowest BCUT2D eigenvalue weighted by Crippen LogP contribution is -2.22. The average molecular weight is 312 g/mol. The minimum absolute atomic E-state index is 0.0290. The Morgan fingerprint density at radius 2 is 1.96 bits per heavy atom. The molecule has 0 saturated carbocycles. The summed E-state index contributed by atoms with van der Waals surface area (Å²) in [4.78, 5) is 12.4. The van der Waals surface area contributed by atoms with Crippen molar-refractivity contribution in [2.24, 2.45) is 0 Å². The summed E-state index contributed by atoms with van der Waals surface area (Å²) in [6.07, 6.45) is 0.739. The van der Waals surface area contributed by atoms with Gasteiger partial charge in [0.2, 0.25) is 0 Å². The van der Waals surface area contributed by atoms with Crippen LogP contribution in [0.4, 0.5) is 0 Å². The summed E-state index contributed by atoms with van der Waals surface area (Å²) in [5, 5.41) is 4.36. The third-order valence-corrected chi connectivity index (χ3v) is 4.06. The maximum atomic E-state index is 12.4. The zero-order valence-electron chi connectivity index (χ0n) is 14.6. The van der Waals surface area contributed by atoms with Crippen LogP contribution in [0.3, 0.4) is 0 Å². The molecule has 122 valence electrons. The molecule has 2 rings (SSSR count). The first-order valence-electron chi connectivity index (χ1n) is 7.73. The van der Waals surface area contributed by atoms with E-state index in [1.165, 1.54) is 4.68 Å². The standard InChI is InChI=1S/C19H24N2O2/c1-12(2)10-17-15(5)20-21(16(17)6)19(22)11-23-18-9-7-8-13(3)14(18)4/h7-9H,1,10-11H2,2-6H3. The second-order valence-electron chi connectivity index (χ2n) is 6.08. The van der Waals surface area contributed by atoms with Gasteiger partial charge < -0.3 is 4.74 Å². The number of carbonyl (C=O) groups is 1. The summed E-state index contributed by atoms with van der Waals surface area (Å²) in [7, 11) is 0. The fourth-order valence-electron chi connectivity index (χ4n) is 2.56. The van der Waals surface area contributed by atoms with Gasteiger partial charge in [-0.25, -0.2) is 4.68 Å². The first kappa shape index (κ1) is 17.0. The summed E-state index contributed by atoms with van der Waals surface area (Å²) in [5.41, 5.74) is 6.04. The van der Waals surface area contributed by atoms with Gasteiger partial charge in [0.1, 0.15) is 5.75 Å². The van der Waals surface area contributed by atoms with Crippen LogP contribution in [0.1, 0.15) is 39.8 Å². The molecule has 4 nitrogen and oxygen atoms in total. The number of nitrogens with zero attached hydrogens (tertiary/aromatic N) is 2. The number of carbonyl (C=O) groups excluding carboxylic acids is 1. The molecule has 0 radical (unpaired) electrons. The fraction of sp³-hybridized carbons (Fsp3) is 0.368. The van der Waals surface area contributed by atoms with Crippen molar-refractivity contribution in [3.05, 3.63) is 58.4 Å². The van der Waals surface area contributed by atoms with Crippen LogP contribution in [0.15, 0.2) is 30.4 Å². The predicted molar refractivity (Wildman–Crippen MR) is 92.3 cm³/mol. The van der Waals surface area contributed by atoms with Crippen molar-refractivity contribution < 1.29 is 9.53 Å². The Hall–Kier alpha value is -2.36. The Morgan fingerprint density at radius 1 is 1.26 bits per heavy atom. The molecule has 1 aromatic carbocycles. The zero-order valence-corrected chi connectivity index (χ0v) is 14.6. The van der Waals surface area contributed by atoms with E-state index < -0.39 is 0 Å². The first-order valence-corrected chi connectivity index (χ1v) is 7.73. The molecule has 0 N–H and O–H groups in total. The molecule has 2 aromatic rings. The number of aryl methyl sites for hydroxylation is 2. The molecule has 0 aliphatic heterocycles. The van der Waals surface area contributed by atoms with E-state index in [2.05, 4.69) is 11.7 Å². The molecule has 1 aromatic heterocycles. The van der Waals surface area contributed by atoms with Crippen molar-refractivity contribution in [3.63, 3.8) is 0 Å². The van der Waals surface area contributed by atoms with E-state index in [-0.39, 0.29) is 12.5 Å². The molecule has 1 heterocycles. The Kier molecular flexibility index (Phi) is 5.04. The van der Waals surface area contributed by atoms with Crippen LogP contribution in [-0.2, 0) is 6.42 Å². The molecule has 0 spiro atoms. The lowest BCUT2D eigenvalue weighted by Gasteiger charge is -2.10. The van der Waals surface area contributed by atoms with Crippen molar-refractivity contribution >= 4 is 5.91 Å². The van der Waals surface area contributed by atoms with Gasteiger partial charge in [0.15, 0.2) is 6.61 Å². The number of aromatic nitrogens is 2. The third kappa shape index (κ3) is 3.70. The highest BCUT2D eigenvalue weighted by molar-refractivity contribution is 5.80. The lowest BCUT2D eigenvalue weighted by molar-refractivity contribution is 0.0817. The largest absolute Gasteiger partial charge is 0.483 e. The van der Waals surface area contributed by atoms with Crippen molar-refractivity contribution in [3.8, 4) is 5.75 Å². The number of benzene rings is 1. The highest BCUT2D eigenvalue weighted by Crippen LogP contribution is 2.21. The highest BCUT2D eigenvalue weighted by Gasteiger charge is 2.17. The monoisotopic (exact) mass is 312 g/mol. The van der Waals surface area contributed by atoms with Crippen molar-refractivity contribution in [1.29, 1.82) is 0 Å². The summed E-state index contributed by atoms with van der Waals surface area (Å²) in [5.74, 6) is 0.571. The van der Waals surface area contributed by atoms with E-state index in [0.717, 1.165) is 45.8 Å². The molecule has 0 aliphatic carbocycles. The normalized spacial score (nSPS) is 10.7. The maximum absolute atomic E-state index is 12.4. The average Bonchev–Trinajstić information content (AvgIpc) is 2.76.